The van der Waals surface area contributed by atoms with Crippen molar-refractivity contribution in [2.75, 3.05) is 0 Å². The van der Waals surface area contributed by atoms with Gasteiger partial charge >= 0.3 is 0 Å². The Labute approximate surface area is 122 Å². The van der Waals surface area contributed by atoms with Gasteiger partial charge < -0.3 is 10.2 Å². The molecule has 0 fully saturated rings. The molecule has 0 radical (unpaired) electrons. The van der Waals surface area contributed by atoms with E-state index in [-0.39, 0.29) is 11.3 Å². The van der Waals surface area contributed by atoms with Crippen molar-refractivity contribution in [1.82, 2.24) is 0 Å². The summed E-state index contributed by atoms with van der Waals surface area (Å²) in [5.74, 6) is -3.90. The molecule has 0 spiro atoms. The maximum absolute atomic E-state index is 13.8. The van der Waals surface area contributed by atoms with E-state index in [1.54, 1.807) is 24.3 Å². The zero-order valence-corrected chi connectivity index (χ0v) is 11.3. The normalized spacial score (nSPS) is 12.8. The summed E-state index contributed by atoms with van der Waals surface area (Å²) in [4.78, 5) is 0. The van der Waals surface area contributed by atoms with Gasteiger partial charge in [0.25, 0.3) is 0 Å². The lowest BCUT2D eigenvalue weighted by molar-refractivity contribution is 0.432. The topological polar surface area (TPSA) is 39.2 Å². The molecule has 2 N–H and O–H groups in total. The second kappa shape index (κ2) is 5.09. The van der Waals surface area contributed by atoms with Gasteiger partial charge in [-0.3, -0.25) is 0 Å². The number of hydrogen-bond acceptors (Lipinski definition) is 2. The summed E-state index contributed by atoms with van der Waals surface area (Å²) in [6, 6.07) is 7.42. The molecule has 0 aliphatic carbocycles. The largest absolute Gasteiger partial charge is 0.459 e. The lowest BCUT2D eigenvalue weighted by Crippen LogP contribution is -2.14. The summed E-state index contributed by atoms with van der Waals surface area (Å²) < 4.78 is 45.5. The van der Waals surface area contributed by atoms with Crippen LogP contribution in [0.5, 0.6) is 0 Å². The fraction of sp³-hybridized carbons (Fsp3) is 0.0667. The summed E-state index contributed by atoms with van der Waals surface area (Å²) in [5, 5.41) is 1.21. The van der Waals surface area contributed by atoms with E-state index in [2.05, 4.69) is 0 Å². The number of hydrogen-bond donors (Lipinski definition) is 1. The minimum absolute atomic E-state index is 0.181. The highest BCUT2D eigenvalue weighted by Crippen LogP contribution is 2.30. The first-order valence-corrected chi connectivity index (χ1v) is 6.43. The Morgan fingerprint density at radius 2 is 1.76 bits per heavy atom. The average Bonchev–Trinajstić information content (AvgIpc) is 2.87. The van der Waals surface area contributed by atoms with Crippen molar-refractivity contribution < 1.29 is 17.6 Å². The molecule has 0 saturated heterocycles. The molecule has 108 valence electrons. The van der Waals surface area contributed by atoms with Gasteiger partial charge in [-0.15, -0.1) is 0 Å². The van der Waals surface area contributed by atoms with E-state index in [1.807, 2.05) is 0 Å². The first-order chi connectivity index (χ1) is 9.97. The van der Waals surface area contributed by atoms with Crippen LogP contribution in [0, 0.1) is 17.5 Å². The summed E-state index contributed by atoms with van der Waals surface area (Å²) in [5.41, 5.74) is 6.22. The highest BCUT2D eigenvalue weighted by molar-refractivity contribution is 6.31. The molecule has 6 heteroatoms. The molecule has 0 aliphatic rings. The van der Waals surface area contributed by atoms with Crippen LogP contribution in [0.1, 0.15) is 17.4 Å². The number of furan rings is 1. The highest BCUT2D eigenvalue weighted by Gasteiger charge is 2.22. The maximum Gasteiger partial charge on any atom is 0.194 e. The van der Waals surface area contributed by atoms with Crippen molar-refractivity contribution in [3.05, 3.63) is 70.2 Å². The van der Waals surface area contributed by atoms with E-state index in [9.17, 15) is 13.2 Å². The summed E-state index contributed by atoms with van der Waals surface area (Å²) >= 11 is 5.86. The standard InChI is InChI=1S/C15H9ClF3NO/c16-8-1-4-11-7(5-8)6-12(21-11)15(20)9-2-3-10(17)14(19)13(9)18/h1-6,15H,20H2. The molecule has 0 aliphatic heterocycles. The van der Waals surface area contributed by atoms with Crippen molar-refractivity contribution in [3.63, 3.8) is 0 Å². The predicted molar refractivity (Wildman–Crippen MR) is 73.6 cm³/mol. The molecule has 1 heterocycles. The Morgan fingerprint density at radius 3 is 2.52 bits per heavy atom. The molecular formula is C15H9ClF3NO. The molecule has 0 saturated carbocycles. The van der Waals surface area contributed by atoms with Crippen LogP contribution in [0.3, 0.4) is 0 Å². The van der Waals surface area contributed by atoms with Gasteiger partial charge in [0.1, 0.15) is 11.3 Å². The zero-order valence-electron chi connectivity index (χ0n) is 10.5. The molecule has 2 nitrogen and oxygen atoms in total. The van der Waals surface area contributed by atoms with E-state index in [0.717, 1.165) is 12.1 Å². The highest BCUT2D eigenvalue weighted by atomic mass is 35.5. The molecule has 0 bridgehead atoms. The van der Waals surface area contributed by atoms with Gasteiger partial charge in [-0.1, -0.05) is 17.7 Å². The van der Waals surface area contributed by atoms with Crippen molar-refractivity contribution in [1.29, 1.82) is 0 Å². The summed E-state index contributed by atoms with van der Waals surface area (Å²) in [6.45, 7) is 0. The molecule has 2 aromatic carbocycles. The third-order valence-corrected chi connectivity index (χ3v) is 3.44. The number of halogens is 4. The lowest BCUT2D eigenvalue weighted by Gasteiger charge is -2.10. The quantitative estimate of drug-likeness (QED) is 0.705. The molecule has 1 aromatic heterocycles. The Morgan fingerprint density at radius 1 is 1.00 bits per heavy atom. The van der Waals surface area contributed by atoms with Crippen molar-refractivity contribution >= 4 is 22.6 Å². The van der Waals surface area contributed by atoms with E-state index in [1.165, 1.54) is 0 Å². The number of benzene rings is 2. The van der Waals surface area contributed by atoms with Crippen LogP contribution in [0.25, 0.3) is 11.0 Å². The number of fused-ring (bicyclic) bond motifs is 1. The molecule has 1 atom stereocenters. The van der Waals surface area contributed by atoms with Gasteiger partial charge in [-0.2, -0.15) is 0 Å². The third kappa shape index (κ3) is 2.39. The zero-order chi connectivity index (χ0) is 15.1. The Balaban J connectivity index is 2.08. The molecule has 3 aromatic rings. The Hall–Kier alpha value is -1.98. The van der Waals surface area contributed by atoms with Crippen LogP contribution in [0.4, 0.5) is 13.2 Å². The second-order valence-electron chi connectivity index (χ2n) is 4.57. The molecule has 1 unspecified atom stereocenters. The second-order valence-corrected chi connectivity index (χ2v) is 5.01. The van der Waals surface area contributed by atoms with E-state index < -0.39 is 23.5 Å². The van der Waals surface area contributed by atoms with Crippen LogP contribution in [-0.4, -0.2) is 0 Å². The van der Waals surface area contributed by atoms with Crippen LogP contribution in [0.15, 0.2) is 40.8 Å². The Kier molecular flexibility index (Phi) is 3.39. The first kappa shape index (κ1) is 14.0. The van der Waals surface area contributed by atoms with E-state index >= 15 is 0 Å². The van der Waals surface area contributed by atoms with Crippen molar-refractivity contribution in [3.8, 4) is 0 Å². The maximum atomic E-state index is 13.8. The van der Waals surface area contributed by atoms with E-state index in [4.69, 9.17) is 21.8 Å². The van der Waals surface area contributed by atoms with Crippen LogP contribution in [-0.2, 0) is 0 Å². The summed E-state index contributed by atoms with van der Waals surface area (Å²) in [6.07, 6.45) is 0. The average molecular weight is 312 g/mol. The molecule has 0 amide bonds. The van der Waals surface area contributed by atoms with Gasteiger partial charge in [-0.05, 0) is 30.3 Å². The lowest BCUT2D eigenvalue weighted by atomic mass is 10.0. The van der Waals surface area contributed by atoms with Gasteiger partial charge in [0.05, 0.1) is 6.04 Å². The predicted octanol–water partition coefficient (Wildman–Crippen LogP) is 4.55. The number of nitrogens with two attached hydrogens (primary N) is 1. The van der Waals surface area contributed by atoms with Gasteiger partial charge in [0.2, 0.25) is 0 Å². The van der Waals surface area contributed by atoms with Crippen LogP contribution < -0.4 is 5.73 Å². The minimum Gasteiger partial charge on any atom is -0.459 e. The van der Waals surface area contributed by atoms with E-state index in [0.29, 0.717) is 16.0 Å². The summed E-state index contributed by atoms with van der Waals surface area (Å²) in [7, 11) is 0. The third-order valence-electron chi connectivity index (χ3n) is 3.20. The molecular weight excluding hydrogens is 303 g/mol. The first-order valence-electron chi connectivity index (χ1n) is 6.05. The van der Waals surface area contributed by atoms with Gasteiger partial charge in [-0.25, -0.2) is 13.2 Å². The fourth-order valence-corrected chi connectivity index (χ4v) is 2.30. The van der Waals surface area contributed by atoms with Crippen molar-refractivity contribution in [2.24, 2.45) is 5.73 Å². The fourth-order valence-electron chi connectivity index (χ4n) is 2.12. The molecule has 3 rings (SSSR count). The molecule has 21 heavy (non-hydrogen) atoms. The van der Waals surface area contributed by atoms with Gasteiger partial charge in [0.15, 0.2) is 17.5 Å². The SMILES string of the molecule is NC(c1cc2cc(Cl)ccc2o1)c1ccc(F)c(F)c1F. The smallest absolute Gasteiger partial charge is 0.194 e. The van der Waals surface area contributed by atoms with Crippen LogP contribution in [0.2, 0.25) is 5.02 Å². The van der Waals surface area contributed by atoms with Gasteiger partial charge in [0, 0.05) is 16.0 Å². The minimum atomic E-state index is -1.55. The monoisotopic (exact) mass is 311 g/mol. The van der Waals surface area contributed by atoms with Crippen LogP contribution >= 0.6 is 11.6 Å². The van der Waals surface area contributed by atoms with Crippen molar-refractivity contribution in [2.45, 2.75) is 6.04 Å². The number of rotatable bonds is 2. The Bertz CT molecular complexity index is 831.